The van der Waals surface area contributed by atoms with Gasteiger partial charge in [-0.3, -0.25) is 19.2 Å². The Balaban J connectivity index is 1.89. The van der Waals surface area contributed by atoms with Gasteiger partial charge in [0.1, 0.15) is 12.4 Å². The van der Waals surface area contributed by atoms with E-state index in [4.69, 9.17) is 0 Å². The van der Waals surface area contributed by atoms with Crippen LogP contribution >= 0.6 is 0 Å². The number of anilines is 1. The first-order chi connectivity index (χ1) is 15.2. The zero-order valence-corrected chi connectivity index (χ0v) is 17.8. The van der Waals surface area contributed by atoms with Gasteiger partial charge in [-0.1, -0.05) is 30.3 Å². The molecule has 0 bridgehead atoms. The van der Waals surface area contributed by atoms with E-state index in [0.717, 1.165) is 4.31 Å². The van der Waals surface area contributed by atoms with Crippen LogP contribution < -0.4 is 9.62 Å². The molecule has 10 heteroatoms. The Labute approximate surface area is 184 Å². The van der Waals surface area contributed by atoms with Gasteiger partial charge in [0, 0.05) is 12.1 Å². The lowest BCUT2D eigenvalue weighted by Gasteiger charge is -2.25. The van der Waals surface area contributed by atoms with E-state index < -0.39 is 39.3 Å². The third-order valence-electron chi connectivity index (χ3n) is 4.71. The Morgan fingerprint density at radius 3 is 2.19 bits per heavy atom. The van der Waals surface area contributed by atoms with Crippen LogP contribution in [0.1, 0.15) is 18.5 Å². The lowest BCUT2D eigenvalue weighted by Crippen LogP contribution is -2.41. The van der Waals surface area contributed by atoms with E-state index in [0.29, 0.717) is 5.56 Å². The molecule has 0 aromatic heterocycles. The normalized spacial score (nSPS) is 12.1. The van der Waals surface area contributed by atoms with Crippen molar-refractivity contribution in [1.29, 1.82) is 0 Å². The number of nitro benzene ring substituents is 1. The van der Waals surface area contributed by atoms with Gasteiger partial charge in [0.2, 0.25) is 5.91 Å². The number of hydrogen-bond acceptors (Lipinski definition) is 5. The predicted molar refractivity (Wildman–Crippen MR) is 117 cm³/mol. The number of carbonyl (C=O) groups excluding carboxylic acids is 1. The van der Waals surface area contributed by atoms with E-state index in [2.05, 4.69) is 5.32 Å². The predicted octanol–water partition coefficient (Wildman–Crippen LogP) is 3.81. The monoisotopic (exact) mass is 457 g/mol. The molecular formula is C22H20FN3O5S. The molecule has 0 radical (unpaired) electrons. The van der Waals surface area contributed by atoms with Crippen LogP contribution in [0.3, 0.4) is 0 Å². The molecule has 0 unspecified atom stereocenters. The Kier molecular flexibility index (Phi) is 6.84. The van der Waals surface area contributed by atoms with Crippen molar-refractivity contribution < 1.29 is 22.5 Å². The van der Waals surface area contributed by atoms with Crippen molar-refractivity contribution in [3.63, 3.8) is 0 Å². The highest BCUT2D eigenvalue weighted by atomic mass is 32.2. The van der Waals surface area contributed by atoms with Gasteiger partial charge < -0.3 is 5.32 Å². The smallest absolute Gasteiger partial charge is 0.269 e. The number of hydrogen-bond donors (Lipinski definition) is 1. The van der Waals surface area contributed by atoms with Crippen LogP contribution in [-0.2, 0) is 14.8 Å². The molecule has 1 atom stereocenters. The van der Waals surface area contributed by atoms with E-state index in [1.54, 1.807) is 25.1 Å². The number of nitrogens with zero attached hydrogens (tertiary/aromatic N) is 2. The molecule has 0 saturated carbocycles. The maximum atomic E-state index is 13.3. The van der Waals surface area contributed by atoms with E-state index in [9.17, 15) is 27.7 Å². The van der Waals surface area contributed by atoms with Gasteiger partial charge >= 0.3 is 0 Å². The maximum absolute atomic E-state index is 13.3. The Hall–Kier alpha value is -3.79. The van der Waals surface area contributed by atoms with E-state index in [1.807, 2.05) is 0 Å². The zero-order chi connectivity index (χ0) is 23.3. The number of nitrogens with one attached hydrogen (secondary N) is 1. The van der Waals surface area contributed by atoms with Gasteiger partial charge in [-0.25, -0.2) is 12.8 Å². The van der Waals surface area contributed by atoms with Crippen LogP contribution in [0.5, 0.6) is 0 Å². The Morgan fingerprint density at radius 1 is 1.03 bits per heavy atom. The Bertz CT molecular complexity index is 1200. The third-order valence-corrected chi connectivity index (χ3v) is 6.50. The van der Waals surface area contributed by atoms with Crippen LogP contribution in [0.25, 0.3) is 0 Å². The Morgan fingerprint density at radius 2 is 1.62 bits per heavy atom. The molecule has 1 amide bonds. The van der Waals surface area contributed by atoms with E-state index in [1.165, 1.54) is 60.7 Å². The minimum atomic E-state index is -4.14. The van der Waals surface area contributed by atoms with Crippen molar-refractivity contribution >= 4 is 27.3 Å². The molecule has 8 nitrogen and oxygen atoms in total. The average molecular weight is 457 g/mol. The molecule has 3 rings (SSSR count). The summed E-state index contributed by atoms with van der Waals surface area (Å²) in [4.78, 5) is 23.0. The first-order valence-electron chi connectivity index (χ1n) is 9.55. The first kappa shape index (κ1) is 22.9. The molecule has 0 saturated heterocycles. The lowest BCUT2D eigenvalue weighted by atomic mass is 10.1. The zero-order valence-electron chi connectivity index (χ0n) is 17.0. The fourth-order valence-corrected chi connectivity index (χ4v) is 4.47. The second kappa shape index (κ2) is 9.56. The van der Waals surface area contributed by atoms with Gasteiger partial charge in [0.25, 0.3) is 15.7 Å². The summed E-state index contributed by atoms with van der Waals surface area (Å²) >= 11 is 0. The van der Waals surface area contributed by atoms with E-state index >= 15 is 0 Å². The lowest BCUT2D eigenvalue weighted by molar-refractivity contribution is -0.384. The standard InChI is InChI=1S/C22H20FN3O5S/c1-16(17-7-9-18(23)10-8-17)24-22(27)15-25(19-11-13-20(14-12-19)26(28)29)32(30,31)21-5-3-2-4-6-21/h2-14,16H,15H2,1H3,(H,24,27)/t16-/m0/s1. The van der Waals surface area contributed by atoms with Crippen molar-refractivity contribution in [2.45, 2.75) is 17.9 Å². The quantitative estimate of drug-likeness (QED) is 0.409. The molecule has 32 heavy (non-hydrogen) atoms. The van der Waals surface area contributed by atoms with Crippen LogP contribution in [0.4, 0.5) is 15.8 Å². The summed E-state index contributed by atoms with van der Waals surface area (Å²) in [7, 11) is -4.14. The van der Waals surface area contributed by atoms with Crippen molar-refractivity contribution in [1.82, 2.24) is 5.32 Å². The van der Waals surface area contributed by atoms with Gasteiger partial charge in [-0.15, -0.1) is 0 Å². The number of sulfonamides is 1. The number of rotatable bonds is 8. The molecule has 3 aromatic rings. The number of carbonyl (C=O) groups is 1. The minimum absolute atomic E-state index is 0.0299. The van der Waals surface area contributed by atoms with Gasteiger partial charge in [-0.05, 0) is 48.9 Å². The number of nitro groups is 1. The highest BCUT2D eigenvalue weighted by molar-refractivity contribution is 7.92. The van der Waals surface area contributed by atoms with Crippen LogP contribution in [0.2, 0.25) is 0 Å². The number of benzene rings is 3. The van der Waals surface area contributed by atoms with Crippen molar-refractivity contribution in [3.05, 3.63) is 100 Å². The summed E-state index contributed by atoms with van der Waals surface area (Å²) in [6.45, 7) is 1.13. The summed E-state index contributed by atoms with van der Waals surface area (Å²) in [5.74, 6) is -1.01. The van der Waals surface area contributed by atoms with Gasteiger partial charge in [-0.2, -0.15) is 0 Å². The summed E-state index contributed by atoms with van der Waals surface area (Å²) in [5, 5.41) is 13.6. The maximum Gasteiger partial charge on any atom is 0.269 e. The van der Waals surface area contributed by atoms with Crippen LogP contribution in [0.15, 0.2) is 83.8 Å². The molecule has 0 spiro atoms. The molecule has 166 valence electrons. The molecule has 3 aromatic carbocycles. The third kappa shape index (κ3) is 5.27. The highest BCUT2D eigenvalue weighted by Crippen LogP contribution is 2.26. The fourth-order valence-electron chi connectivity index (χ4n) is 3.03. The second-order valence-electron chi connectivity index (χ2n) is 6.94. The van der Waals surface area contributed by atoms with Crippen molar-refractivity contribution in [2.75, 3.05) is 10.8 Å². The topological polar surface area (TPSA) is 110 Å². The molecule has 1 N–H and O–H groups in total. The summed E-state index contributed by atoms with van der Waals surface area (Å²) in [5.41, 5.74) is 0.539. The summed E-state index contributed by atoms with van der Waals surface area (Å²) in [6, 6.07) is 17.5. The minimum Gasteiger partial charge on any atom is -0.348 e. The second-order valence-corrected chi connectivity index (χ2v) is 8.80. The summed E-state index contributed by atoms with van der Waals surface area (Å²) < 4.78 is 40.5. The fraction of sp³-hybridized carbons (Fsp3) is 0.136. The van der Waals surface area contributed by atoms with E-state index in [-0.39, 0.29) is 16.3 Å². The number of amides is 1. The van der Waals surface area contributed by atoms with Crippen LogP contribution in [0, 0.1) is 15.9 Å². The molecular weight excluding hydrogens is 437 g/mol. The van der Waals surface area contributed by atoms with Crippen molar-refractivity contribution in [3.8, 4) is 0 Å². The highest BCUT2D eigenvalue weighted by Gasteiger charge is 2.28. The van der Waals surface area contributed by atoms with Crippen molar-refractivity contribution in [2.24, 2.45) is 0 Å². The SMILES string of the molecule is C[C@H](NC(=O)CN(c1ccc([N+](=O)[O-])cc1)S(=O)(=O)c1ccccc1)c1ccc(F)cc1. The molecule has 0 heterocycles. The molecule has 0 aliphatic carbocycles. The van der Waals surface area contributed by atoms with Gasteiger partial charge in [0.05, 0.1) is 21.5 Å². The van der Waals surface area contributed by atoms with Crippen LogP contribution in [-0.4, -0.2) is 25.8 Å². The molecule has 0 fully saturated rings. The largest absolute Gasteiger partial charge is 0.348 e. The average Bonchev–Trinajstić information content (AvgIpc) is 2.78. The van der Waals surface area contributed by atoms with Gasteiger partial charge in [0.15, 0.2) is 0 Å². The number of halogens is 1. The first-order valence-corrected chi connectivity index (χ1v) is 11.0. The number of non-ortho nitro benzene ring substituents is 1. The molecule has 0 aliphatic rings. The molecule has 0 aliphatic heterocycles. The summed E-state index contributed by atoms with van der Waals surface area (Å²) in [6.07, 6.45) is 0.